The number of aliphatic imine (C=N–C) groups is 1. The van der Waals surface area contributed by atoms with Crippen LogP contribution in [0.25, 0.3) is 0 Å². The lowest BCUT2D eigenvalue weighted by Crippen LogP contribution is -2.49. The van der Waals surface area contributed by atoms with E-state index in [0.29, 0.717) is 11.7 Å². The third-order valence-electron chi connectivity index (χ3n) is 3.58. The quantitative estimate of drug-likeness (QED) is 0.599. The molecule has 1 saturated carbocycles. The van der Waals surface area contributed by atoms with E-state index in [1.165, 1.54) is 12.8 Å². The Balaban J connectivity index is 2.09. The Morgan fingerprint density at radius 1 is 1.40 bits per heavy atom. The molecule has 0 radical (unpaired) electrons. The largest absolute Gasteiger partial charge is 0.385 e. The number of nitrogens with zero attached hydrogens (tertiary/aromatic N) is 1. The summed E-state index contributed by atoms with van der Waals surface area (Å²) < 4.78 is 0. The van der Waals surface area contributed by atoms with Gasteiger partial charge >= 0.3 is 0 Å². The van der Waals surface area contributed by atoms with Crippen molar-refractivity contribution in [1.82, 2.24) is 5.32 Å². The monoisotopic (exact) mass is 208 g/mol. The van der Waals surface area contributed by atoms with Crippen molar-refractivity contribution in [3.63, 3.8) is 0 Å². The molecule has 0 aromatic rings. The fourth-order valence-electron chi connectivity index (χ4n) is 2.49. The Hall–Kier alpha value is -1.03. The second-order valence-corrected chi connectivity index (χ2v) is 4.85. The molecule has 0 bridgehead atoms. The summed E-state index contributed by atoms with van der Waals surface area (Å²) in [5, 5.41) is 2.85. The SMILES string of the molecule is CC1CCC(C2(N)C=C(N)NC=N2)CC1. The van der Waals surface area contributed by atoms with Gasteiger partial charge in [-0.05, 0) is 24.8 Å². The fraction of sp³-hybridized carbons (Fsp3) is 0.727. The minimum atomic E-state index is -0.574. The molecule has 4 nitrogen and oxygen atoms in total. The van der Waals surface area contributed by atoms with Crippen LogP contribution in [-0.2, 0) is 0 Å². The molecule has 0 spiro atoms. The second kappa shape index (κ2) is 3.85. The van der Waals surface area contributed by atoms with E-state index in [1.807, 2.05) is 6.08 Å². The average Bonchev–Trinajstić information content (AvgIpc) is 2.18. The van der Waals surface area contributed by atoms with Gasteiger partial charge in [0, 0.05) is 5.92 Å². The van der Waals surface area contributed by atoms with Gasteiger partial charge in [-0.2, -0.15) is 0 Å². The maximum atomic E-state index is 6.28. The van der Waals surface area contributed by atoms with Crippen LogP contribution in [0.3, 0.4) is 0 Å². The summed E-state index contributed by atoms with van der Waals surface area (Å²) in [4.78, 5) is 4.35. The van der Waals surface area contributed by atoms with Crippen LogP contribution < -0.4 is 16.8 Å². The third-order valence-corrected chi connectivity index (χ3v) is 3.58. The van der Waals surface area contributed by atoms with E-state index in [-0.39, 0.29) is 0 Å². The van der Waals surface area contributed by atoms with Crippen molar-refractivity contribution in [3.05, 3.63) is 11.9 Å². The Labute approximate surface area is 90.8 Å². The smallest absolute Gasteiger partial charge is 0.135 e. The van der Waals surface area contributed by atoms with Gasteiger partial charge in [0.1, 0.15) is 11.5 Å². The molecule has 1 aliphatic heterocycles. The molecule has 0 aromatic heterocycles. The van der Waals surface area contributed by atoms with Gasteiger partial charge in [0.15, 0.2) is 0 Å². The first-order valence-electron chi connectivity index (χ1n) is 5.67. The van der Waals surface area contributed by atoms with Crippen molar-refractivity contribution in [2.24, 2.45) is 28.3 Å². The Kier molecular flexibility index (Phi) is 2.69. The van der Waals surface area contributed by atoms with Crippen LogP contribution >= 0.6 is 0 Å². The van der Waals surface area contributed by atoms with E-state index in [0.717, 1.165) is 18.8 Å². The molecule has 2 rings (SSSR count). The number of nitrogens with two attached hydrogens (primary N) is 2. The molecular formula is C11H20N4. The van der Waals surface area contributed by atoms with E-state index in [9.17, 15) is 0 Å². The molecule has 15 heavy (non-hydrogen) atoms. The van der Waals surface area contributed by atoms with Gasteiger partial charge in [0.05, 0.1) is 6.34 Å². The summed E-state index contributed by atoms with van der Waals surface area (Å²) in [6.45, 7) is 2.30. The lowest BCUT2D eigenvalue weighted by atomic mass is 9.76. The lowest BCUT2D eigenvalue weighted by molar-refractivity contribution is 0.216. The van der Waals surface area contributed by atoms with Gasteiger partial charge < -0.3 is 16.8 Å². The molecular weight excluding hydrogens is 188 g/mol. The number of hydrogen-bond acceptors (Lipinski definition) is 4. The van der Waals surface area contributed by atoms with E-state index in [2.05, 4.69) is 17.2 Å². The zero-order valence-electron chi connectivity index (χ0n) is 9.24. The number of rotatable bonds is 1. The van der Waals surface area contributed by atoms with Crippen molar-refractivity contribution in [1.29, 1.82) is 0 Å². The lowest BCUT2D eigenvalue weighted by Gasteiger charge is -2.37. The summed E-state index contributed by atoms with van der Waals surface area (Å²) in [6.07, 6.45) is 8.28. The molecule has 1 aliphatic carbocycles. The molecule has 4 heteroatoms. The molecule has 0 saturated heterocycles. The summed E-state index contributed by atoms with van der Waals surface area (Å²) in [7, 11) is 0. The first-order chi connectivity index (χ1) is 7.10. The molecule has 1 unspecified atom stereocenters. The molecule has 84 valence electrons. The molecule has 2 aliphatic rings. The van der Waals surface area contributed by atoms with Crippen molar-refractivity contribution in [2.45, 2.75) is 38.3 Å². The van der Waals surface area contributed by atoms with Gasteiger partial charge in [-0.25, -0.2) is 4.99 Å². The fourth-order valence-corrected chi connectivity index (χ4v) is 2.49. The highest BCUT2D eigenvalue weighted by Gasteiger charge is 2.35. The van der Waals surface area contributed by atoms with Crippen molar-refractivity contribution in [2.75, 3.05) is 0 Å². The van der Waals surface area contributed by atoms with E-state index < -0.39 is 5.66 Å². The van der Waals surface area contributed by atoms with Crippen LogP contribution in [-0.4, -0.2) is 12.0 Å². The summed E-state index contributed by atoms with van der Waals surface area (Å²) in [5.74, 6) is 1.88. The summed E-state index contributed by atoms with van der Waals surface area (Å²) in [6, 6.07) is 0. The van der Waals surface area contributed by atoms with Gasteiger partial charge in [-0.1, -0.05) is 19.8 Å². The summed E-state index contributed by atoms with van der Waals surface area (Å²) in [5.41, 5.74) is 11.4. The Morgan fingerprint density at radius 3 is 2.67 bits per heavy atom. The Morgan fingerprint density at radius 2 is 2.07 bits per heavy atom. The topological polar surface area (TPSA) is 76.4 Å². The molecule has 1 atom stereocenters. The molecule has 0 amide bonds. The van der Waals surface area contributed by atoms with E-state index in [4.69, 9.17) is 11.5 Å². The van der Waals surface area contributed by atoms with Crippen LogP contribution in [0.5, 0.6) is 0 Å². The molecule has 1 heterocycles. The van der Waals surface area contributed by atoms with Crippen molar-refractivity contribution >= 4 is 6.34 Å². The first kappa shape index (κ1) is 10.5. The highest BCUT2D eigenvalue weighted by Crippen LogP contribution is 2.36. The highest BCUT2D eigenvalue weighted by molar-refractivity contribution is 5.60. The van der Waals surface area contributed by atoms with Crippen LogP contribution in [0.1, 0.15) is 32.6 Å². The molecule has 5 N–H and O–H groups in total. The predicted octanol–water partition coefficient (Wildman–Crippen LogP) is 0.899. The first-order valence-corrected chi connectivity index (χ1v) is 5.67. The van der Waals surface area contributed by atoms with Crippen LogP contribution in [0.2, 0.25) is 0 Å². The zero-order valence-corrected chi connectivity index (χ0v) is 9.24. The van der Waals surface area contributed by atoms with Gasteiger partial charge in [0.2, 0.25) is 0 Å². The van der Waals surface area contributed by atoms with Crippen molar-refractivity contribution < 1.29 is 0 Å². The number of nitrogens with one attached hydrogen (secondary N) is 1. The van der Waals surface area contributed by atoms with Gasteiger partial charge in [-0.3, -0.25) is 0 Å². The van der Waals surface area contributed by atoms with Crippen LogP contribution in [0.15, 0.2) is 16.9 Å². The number of hydrogen-bond donors (Lipinski definition) is 3. The minimum absolute atomic E-state index is 0.436. The molecule has 1 fully saturated rings. The summed E-state index contributed by atoms with van der Waals surface area (Å²) >= 11 is 0. The predicted molar refractivity (Wildman–Crippen MR) is 61.9 cm³/mol. The van der Waals surface area contributed by atoms with Crippen LogP contribution in [0, 0.1) is 11.8 Å². The normalized spacial score (nSPS) is 40.8. The van der Waals surface area contributed by atoms with E-state index in [1.54, 1.807) is 6.34 Å². The minimum Gasteiger partial charge on any atom is -0.385 e. The zero-order chi connectivity index (χ0) is 10.9. The van der Waals surface area contributed by atoms with Crippen molar-refractivity contribution in [3.8, 4) is 0 Å². The van der Waals surface area contributed by atoms with Gasteiger partial charge in [0.25, 0.3) is 0 Å². The standard InChI is InChI=1S/C11H20N4/c1-8-2-4-9(5-3-8)11(13)6-10(12)14-7-15-11/h6-9H,2-5,12-13H2,1H3,(H,14,15). The Bertz CT molecular complexity index is 289. The highest BCUT2D eigenvalue weighted by atomic mass is 15.1. The second-order valence-electron chi connectivity index (χ2n) is 4.85. The van der Waals surface area contributed by atoms with Crippen LogP contribution in [0.4, 0.5) is 0 Å². The van der Waals surface area contributed by atoms with E-state index >= 15 is 0 Å². The maximum absolute atomic E-state index is 6.28. The average molecular weight is 208 g/mol. The molecule has 0 aromatic carbocycles. The maximum Gasteiger partial charge on any atom is 0.135 e. The van der Waals surface area contributed by atoms with Gasteiger partial charge in [-0.15, -0.1) is 0 Å². The third kappa shape index (κ3) is 2.15.